The van der Waals surface area contributed by atoms with Crippen LogP contribution >= 0.6 is 12.4 Å². The maximum Gasteiger partial charge on any atom is 0.228 e. The Balaban J connectivity index is 0.00000364. The van der Waals surface area contributed by atoms with Crippen molar-refractivity contribution in [3.05, 3.63) is 12.7 Å². The summed E-state index contributed by atoms with van der Waals surface area (Å²) in [7, 11) is 3.59. The van der Waals surface area contributed by atoms with Crippen LogP contribution in [0.25, 0.3) is 11.0 Å². The van der Waals surface area contributed by atoms with Crippen molar-refractivity contribution in [2.75, 3.05) is 54.6 Å². The van der Waals surface area contributed by atoms with Gasteiger partial charge in [-0.25, -0.2) is 9.97 Å². The van der Waals surface area contributed by atoms with E-state index < -0.39 is 6.10 Å². The van der Waals surface area contributed by atoms with E-state index >= 15 is 0 Å². The normalized spacial score (nSPS) is 11.4. The van der Waals surface area contributed by atoms with Crippen LogP contribution in [0.4, 0.5) is 23.5 Å². The van der Waals surface area contributed by atoms with E-state index in [1.807, 2.05) is 4.90 Å². The molecule has 2 rings (SSSR count). The Hall–Kier alpha value is -2.39. The van der Waals surface area contributed by atoms with E-state index in [9.17, 15) is 5.11 Å². The second-order valence-corrected chi connectivity index (χ2v) is 5.93. The van der Waals surface area contributed by atoms with E-state index in [4.69, 9.17) is 0 Å². The third-order valence-electron chi connectivity index (χ3n) is 3.67. The number of hydrogen-bond donors (Lipinski definition) is 4. The zero-order valence-electron chi connectivity index (χ0n) is 16.3. The van der Waals surface area contributed by atoms with Crippen LogP contribution in [-0.2, 0) is 0 Å². The molecule has 150 valence electrons. The zero-order chi connectivity index (χ0) is 19.1. The van der Waals surface area contributed by atoms with Crippen molar-refractivity contribution in [3.8, 4) is 0 Å². The van der Waals surface area contributed by atoms with Crippen LogP contribution in [0.15, 0.2) is 12.7 Å². The molecule has 4 N–H and O–H groups in total. The standard InChI is InChI=1S/C17H28N8O.ClH/c1-6-8-20-16-21-12-13(14(18-4)23-16)22-17(24-15(12)19-5)25(9-7-2)10-11(3)26;/h6,11,26H,1,7-10H2,2-5H3,(H,19,22,24)(H2,18,20,21,23);1H. The third kappa shape index (κ3) is 5.54. The number of aliphatic hydroxyl groups excluding tert-OH is 1. The Morgan fingerprint density at radius 2 is 1.74 bits per heavy atom. The average Bonchev–Trinajstić information content (AvgIpc) is 2.64. The highest BCUT2D eigenvalue weighted by Gasteiger charge is 2.18. The zero-order valence-corrected chi connectivity index (χ0v) is 17.1. The van der Waals surface area contributed by atoms with Gasteiger partial charge in [-0.3, -0.25) is 0 Å². The Bertz CT molecular complexity index is 755. The molecule has 10 heteroatoms. The van der Waals surface area contributed by atoms with Crippen molar-refractivity contribution in [3.63, 3.8) is 0 Å². The van der Waals surface area contributed by atoms with Crippen LogP contribution in [-0.4, -0.2) is 64.9 Å². The SMILES string of the molecule is C=CCNc1nc(NC)c2nc(N(CCC)CC(C)O)nc(NC)c2n1.Cl. The highest BCUT2D eigenvalue weighted by Crippen LogP contribution is 2.27. The molecule has 1 unspecified atom stereocenters. The molecule has 9 nitrogen and oxygen atoms in total. The summed E-state index contributed by atoms with van der Waals surface area (Å²) >= 11 is 0. The van der Waals surface area contributed by atoms with Crippen LogP contribution < -0.4 is 20.9 Å². The monoisotopic (exact) mass is 396 g/mol. The lowest BCUT2D eigenvalue weighted by Gasteiger charge is -2.24. The van der Waals surface area contributed by atoms with Gasteiger partial charge in [0, 0.05) is 33.7 Å². The molecule has 0 aliphatic rings. The van der Waals surface area contributed by atoms with Gasteiger partial charge in [0.2, 0.25) is 11.9 Å². The van der Waals surface area contributed by atoms with E-state index in [1.165, 1.54) is 0 Å². The summed E-state index contributed by atoms with van der Waals surface area (Å²) in [5, 5.41) is 19.1. The first-order valence-electron chi connectivity index (χ1n) is 8.77. The Morgan fingerprint density at radius 1 is 1.11 bits per heavy atom. The quantitative estimate of drug-likeness (QED) is 0.448. The first-order chi connectivity index (χ1) is 12.5. The second kappa shape index (κ2) is 10.7. The summed E-state index contributed by atoms with van der Waals surface area (Å²) < 4.78 is 0. The number of rotatable bonds is 10. The smallest absolute Gasteiger partial charge is 0.228 e. The number of nitrogens with one attached hydrogen (secondary N) is 3. The lowest BCUT2D eigenvalue weighted by molar-refractivity contribution is 0.199. The number of hydrogen-bond acceptors (Lipinski definition) is 9. The van der Waals surface area contributed by atoms with E-state index in [1.54, 1.807) is 27.1 Å². The first kappa shape index (κ1) is 22.7. The first-order valence-corrected chi connectivity index (χ1v) is 8.77. The van der Waals surface area contributed by atoms with Gasteiger partial charge < -0.3 is 26.0 Å². The van der Waals surface area contributed by atoms with Gasteiger partial charge in [-0.2, -0.15) is 9.97 Å². The van der Waals surface area contributed by atoms with Gasteiger partial charge in [-0.15, -0.1) is 19.0 Å². The summed E-state index contributed by atoms with van der Waals surface area (Å²) in [6.45, 7) is 9.28. The van der Waals surface area contributed by atoms with Gasteiger partial charge in [-0.1, -0.05) is 13.0 Å². The molecule has 0 saturated heterocycles. The summed E-state index contributed by atoms with van der Waals surface area (Å²) in [6, 6.07) is 0. The molecular weight excluding hydrogens is 368 g/mol. The fourth-order valence-corrected chi connectivity index (χ4v) is 2.60. The molecule has 0 aliphatic carbocycles. The second-order valence-electron chi connectivity index (χ2n) is 5.93. The van der Waals surface area contributed by atoms with Gasteiger partial charge in [0.1, 0.15) is 11.0 Å². The van der Waals surface area contributed by atoms with E-state index in [2.05, 4.69) is 49.4 Å². The van der Waals surface area contributed by atoms with Crippen LogP contribution in [0.2, 0.25) is 0 Å². The van der Waals surface area contributed by atoms with E-state index in [0.717, 1.165) is 13.0 Å². The largest absolute Gasteiger partial charge is 0.392 e. The highest BCUT2D eigenvalue weighted by molar-refractivity contribution is 5.94. The van der Waals surface area contributed by atoms with Crippen LogP contribution in [0.5, 0.6) is 0 Å². The Labute approximate surface area is 166 Å². The predicted molar refractivity (Wildman–Crippen MR) is 114 cm³/mol. The van der Waals surface area contributed by atoms with Gasteiger partial charge in [-0.05, 0) is 13.3 Å². The van der Waals surface area contributed by atoms with Crippen molar-refractivity contribution >= 4 is 47.0 Å². The van der Waals surface area contributed by atoms with Crippen LogP contribution in [0.1, 0.15) is 20.3 Å². The molecule has 0 aromatic carbocycles. The summed E-state index contributed by atoms with van der Waals surface area (Å²) in [5.41, 5.74) is 1.24. The molecule has 0 amide bonds. The maximum absolute atomic E-state index is 9.80. The number of aliphatic hydroxyl groups is 1. The molecule has 27 heavy (non-hydrogen) atoms. The van der Waals surface area contributed by atoms with Crippen molar-refractivity contribution in [2.45, 2.75) is 26.4 Å². The predicted octanol–water partition coefficient (Wildman–Crippen LogP) is 2.12. The van der Waals surface area contributed by atoms with E-state index in [-0.39, 0.29) is 12.4 Å². The number of fused-ring (bicyclic) bond motifs is 1. The maximum atomic E-state index is 9.80. The molecule has 0 spiro atoms. The minimum atomic E-state index is -0.482. The number of halogens is 1. The topological polar surface area (TPSA) is 111 Å². The number of anilines is 4. The minimum Gasteiger partial charge on any atom is -0.392 e. The summed E-state index contributed by atoms with van der Waals surface area (Å²) in [6.07, 6.45) is 2.18. The summed E-state index contributed by atoms with van der Waals surface area (Å²) in [4.78, 5) is 20.3. The molecule has 0 saturated carbocycles. The van der Waals surface area contributed by atoms with Crippen LogP contribution in [0, 0.1) is 0 Å². The van der Waals surface area contributed by atoms with Crippen molar-refractivity contribution in [2.24, 2.45) is 0 Å². The molecule has 0 radical (unpaired) electrons. The minimum absolute atomic E-state index is 0. The van der Waals surface area contributed by atoms with Crippen LogP contribution in [0.3, 0.4) is 0 Å². The number of nitrogens with zero attached hydrogens (tertiary/aromatic N) is 5. The number of aromatic nitrogens is 4. The molecule has 2 heterocycles. The van der Waals surface area contributed by atoms with Gasteiger partial charge in [0.25, 0.3) is 0 Å². The molecule has 2 aromatic rings. The van der Waals surface area contributed by atoms with E-state index in [0.29, 0.717) is 47.7 Å². The Morgan fingerprint density at radius 3 is 2.30 bits per heavy atom. The van der Waals surface area contributed by atoms with Crippen molar-refractivity contribution in [1.82, 2.24) is 19.9 Å². The molecule has 0 aliphatic heterocycles. The lowest BCUT2D eigenvalue weighted by atomic mass is 10.3. The van der Waals surface area contributed by atoms with Gasteiger partial charge in [0.15, 0.2) is 11.6 Å². The lowest BCUT2D eigenvalue weighted by Crippen LogP contribution is -2.33. The fourth-order valence-electron chi connectivity index (χ4n) is 2.60. The molecule has 2 aromatic heterocycles. The Kier molecular flexibility index (Phi) is 8.96. The molecular formula is C17H29ClN8O. The average molecular weight is 397 g/mol. The van der Waals surface area contributed by atoms with Gasteiger partial charge in [0.05, 0.1) is 6.10 Å². The third-order valence-corrected chi connectivity index (χ3v) is 3.67. The molecule has 0 fully saturated rings. The molecule has 0 bridgehead atoms. The highest BCUT2D eigenvalue weighted by atomic mass is 35.5. The fraction of sp³-hybridized carbons (Fsp3) is 0.529. The van der Waals surface area contributed by atoms with Gasteiger partial charge >= 0.3 is 0 Å². The van der Waals surface area contributed by atoms with Crippen molar-refractivity contribution in [1.29, 1.82) is 0 Å². The summed E-state index contributed by atoms with van der Waals surface area (Å²) in [5.74, 6) is 2.23. The van der Waals surface area contributed by atoms with Crippen molar-refractivity contribution < 1.29 is 5.11 Å². The molecule has 1 atom stereocenters.